The van der Waals surface area contributed by atoms with Crippen LogP contribution < -0.4 is 14.4 Å². The van der Waals surface area contributed by atoms with Gasteiger partial charge in [-0.25, -0.2) is 9.59 Å². The lowest BCUT2D eigenvalue weighted by Crippen LogP contribution is -2.08. The summed E-state index contributed by atoms with van der Waals surface area (Å²) >= 11 is 0. The van der Waals surface area contributed by atoms with E-state index >= 15 is 0 Å². The molecule has 6 heteroatoms. The van der Waals surface area contributed by atoms with E-state index in [4.69, 9.17) is 14.2 Å². The Kier molecular flexibility index (Phi) is 3.88. The van der Waals surface area contributed by atoms with Crippen LogP contribution in [0.2, 0.25) is 0 Å². The van der Waals surface area contributed by atoms with Crippen LogP contribution in [-0.2, 0) is 20.7 Å². The average molecular weight is 351 g/mol. The van der Waals surface area contributed by atoms with Crippen LogP contribution in [0.3, 0.4) is 0 Å². The van der Waals surface area contributed by atoms with Crippen molar-refractivity contribution in [2.75, 3.05) is 25.8 Å². The monoisotopic (exact) mass is 351 g/mol. The number of carbonyl (C=O) groups excluding carboxylic acids is 2. The van der Waals surface area contributed by atoms with E-state index in [1.165, 1.54) is 0 Å². The van der Waals surface area contributed by atoms with Crippen molar-refractivity contribution < 1.29 is 23.8 Å². The minimum absolute atomic E-state index is 0.145. The predicted octanol–water partition coefficient (Wildman–Crippen LogP) is 2.56. The van der Waals surface area contributed by atoms with Crippen molar-refractivity contribution in [3.8, 4) is 11.5 Å². The molecule has 0 amide bonds. The van der Waals surface area contributed by atoms with Crippen LogP contribution >= 0.6 is 0 Å². The maximum absolute atomic E-state index is 12.2. The number of anilines is 1. The number of cyclic esters (lactones) is 2. The van der Waals surface area contributed by atoms with Crippen molar-refractivity contribution in [3.05, 3.63) is 59.2 Å². The quantitative estimate of drug-likeness (QED) is 0.623. The second kappa shape index (κ2) is 6.22. The molecule has 0 aromatic heterocycles. The first-order valence-corrected chi connectivity index (χ1v) is 8.19. The normalized spacial score (nSPS) is 15.5. The Bertz CT molecular complexity index is 928. The Balaban J connectivity index is 1.71. The molecule has 6 nitrogen and oxygen atoms in total. The van der Waals surface area contributed by atoms with E-state index in [-0.39, 0.29) is 12.4 Å². The minimum atomic E-state index is -0.631. The van der Waals surface area contributed by atoms with Gasteiger partial charge in [-0.1, -0.05) is 18.2 Å². The third kappa shape index (κ3) is 2.79. The van der Waals surface area contributed by atoms with E-state index in [0.29, 0.717) is 29.1 Å². The second-order valence-electron chi connectivity index (χ2n) is 6.34. The average Bonchev–Trinajstić information content (AvgIpc) is 3.19. The Morgan fingerprint density at radius 1 is 0.923 bits per heavy atom. The zero-order chi connectivity index (χ0) is 18.3. The molecular weight excluding hydrogens is 334 g/mol. The Labute approximate surface area is 150 Å². The Hall–Kier alpha value is -3.28. The molecule has 0 bridgehead atoms. The highest BCUT2D eigenvalue weighted by molar-refractivity contribution is 6.31. The van der Waals surface area contributed by atoms with Gasteiger partial charge in [0.1, 0.15) is 0 Å². The fourth-order valence-corrected chi connectivity index (χ4v) is 3.04. The standard InChI is InChI=1S/C20H17NO5/c1-21(2)14-6-3-12(4-7-14)9-15-18(20(23)26-19(15)22)13-5-8-16-17(10-13)25-11-24-16/h3-8,10H,9,11H2,1-2H3. The Morgan fingerprint density at radius 3 is 2.38 bits per heavy atom. The third-order valence-corrected chi connectivity index (χ3v) is 4.43. The molecule has 26 heavy (non-hydrogen) atoms. The third-order valence-electron chi connectivity index (χ3n) is 4.43. The summed E-state index contributed by atoms with van der Waals surface area (Å²) in [6.45, 7) is 0.145. The zero-order valence-corrected chi connectivity index (χ0v) is 14.4. The molecule has 4 rings (SSSR count). The maximum atomic E-state index is 12.2. The molecule has 0 saturated heterocycles. The fraction of sp³-hybridized carbons (Fsp3) is 0.200. The summed E-state index contributed by atoms with van der Waals surface area (Å²) in [6, 6.07) is 13.0. The van der Waals surface area contributed by atoms with E-state index in [9.17, 15) is 9.59 Å². The van der Waals surface area contributed by atoms with Crippen LogP contribution in [0.5, 0.6) is 11.5 Å². The molecule has 0 radical (unpaired) electrons. The van der Waals surface area contributed by atoms with Gasteiger partial charge in [0.2, 0.25) is 6.79 Å². The summed E-state index contributed by atoms with van der Waals surface area (Å²) in [4.78, 5) is 26.5. The van der Waals surface area contributed by atoms with Crippen LogP contribution in [0.25, 0.3) is 5.57 Å². The number of carbonyl (C=O) groups is 2. The van der Waals surface area contributed by atoms with Crippen molar-refractivity contribution in [3.63, 3.8) is 0 Å². The van der Waals surface area contributed by atoms with Gasteiger partial charge in [-0.2, -0.15) is 0 Å². The summed E-state index contributed by atoms with van der Waals surface area (Å²) in [5.41, 5.74) is 3.21. The minimum Gasteiger partial charge on any atom is -0.454 e. The lowest BCUT2D eigenvalue weighted by molar-refractivity contribution is -0.150. The number of hydrogen-bond donors (Lipinski definition) is 0. The van der Waals surface area contributed by atoms with Crippen molar-refractivity contribution in [1.29, 1.82) is 0 Å². The smallest absolute Gasteiger partial charge is 0.347 e. The van der Waals surface area contributed by atoms with E-state index in [2.05, 4.69) is 0 Å². The number of ether oxygens (including phenoxy) is 3. The summed E-state index contributed by atoms with van der Waals surface area (Å²) in [5, 5.41) is 0. The first kappa shape index (κ1) is 16.2. The Morgan fingerprint density at radius 2 is 1.65 bits per heavy atom. The summed E-state index contributed by atoms with van der Waals surface area (Å²) < 4.78 is 15.5. The molecule has 2 aliphatic rings. The number of esters is 2. The second-order valence-corrected chi connectivity index (χ2v) is 6.34. The molecule has 2 aromatic rings. The van der Waals surface area contributed by atoms with Crippen molar-refractivity contribution in [1.82, 2.24) is 0 Å². The van der Waals surface area contributed by atoms with Crippen LogP contribution in [0.1, 0.15) is 11.1 Å². The molecule has 0 atom stereocenters. The van der Waals surface area contributed by atoms with Gasteiger partial charge in [-0.05, 0) is 35.4 Å². The molecule has 0 unspecified atom stereocenters. The highest BCUT2D eigenvalue weighted by Gasteiger charge is 2.34. The lowest BCUT2D eigenvalue weighted by Gasteiger charge is -2.12. The molecule has 0 aliphatic carbocycles. The van der Waals surface area contributed by atoms with Crippen LogP contribution in [0.15, 0.2) is 48.0 Å². The predicted molar refractivity (Wildman–Crippen MR) is 95.1 cm³/mol. The molecule has 132 valence electrons. The largest absolute Gasteiger partial charge is 0.454 e. The van der Waals surface area contributed by atoms with Crippen LogP contribution in [0, 0.1) is 0 Å². The molecule has 0 spiro atoms. The van der Waals surface area contributed by atoms with E-state index in [1.807, 2.05) is 43.3 Å². The molecule has 2 heterocycles. The first-order chi connectivity index (χ1) is 12.5. The van der Waals surface area contributed by atoms with Gasteiger partial charge >= 0.3 is 11.9 Å². The number of benzene rings is 2. The van der Waals surface area contributed by atoms with Gasteiger partial charge in [-0.3, -0.25) is 0 Å². The molecule has 0 N–H and O–H groups in total. The summed E-state index contributed by atoms with van der Waals surface area (Å²) in [6.07, 6.45) is 0.321. The van der Waals surface area contributed by atoms with Crippen LogP contribution in [-0.4, -0.2) is 32.8 Å². The van der Waals surface area contributed by atoms with Gasteiger partial charge in [0.25, 0.3) is 0 Å². The highest BCUT2D eigenvalue weighted by Crippen LogP contribution is 2.37. The lowest BCUT2D eigenvalue weighted by atomic mass is 9.96. The van der Waals surface area contributed by atoms with Crippen molar-refractivity contribution in [2.24, 2.45) is 0 Å². The van der Waals surface area contributed by atoms with Crippen molar-refractivity contribution in [2.45, 2.75) is 6.42 Å². The number of fused-ring (bicyclic) bond motifs is 1. The van der Waals surface area contributed by atoms with Gasteiger partial charge in [0.15, 0.2) is 11.5 Å². The zero-order valence-electron chi connectivity index (χ0n) is 14.4. The van der Waals surface area contributed by atoms with Crippen LogP contribution in [0.4, 0.5) is 5.69 Å². The summed E-state index contributed by atoms with van der Waals surface area (Å²) in [7, 11) is 3.92. The van der Waals surface area contributed by atoms with Gasteiger partial charge in [-0.15, -0.1) is 0 Å². The molecular formula is C20H17NO5. The van der Waals surface area contributed by atoms with Gasteiger partial charge in [0.05, 0.1) is 11.1 Å². The maximum Gasteiger partial charge on any atom is 0.347 e. The number of nitrogens with zero attached hydrogens (tertiary/aromatic N) is 1. The van der Waals surface area contributed by atoms with E-state index < -0.39 is 11.9 Å². The molecule has 2 aromatic carbocycles. The molecule has 0 saturated carbocycles. The van der Waals surface area contributed by atoms with Gasteiger partial charge < -0.3 is 19.1 Å². The summed E-state index contributed by atoms with van der Waals surface area (Å²) in [5.74, 6) is -0.0576. The first-order valence-electron chi connectivity index (χ1n) is 8.19. The fourth-order valence-electron chi connectivity index (χ4n) is 3.04. The van der Waals surface area contributed by atoms with E-state index in [1.54, 1.807) is 18.2 Å². The number of hydrogen-bond acceptors (Lipinski definition) is 6. The van der Waals surface area contributed by atoms with Gasteiger partial charge in [0, 0.05) is 26.2 Å². The SMILES string of the molecule is CN(C)c1ccc(CC2=C(c3ccc4c(c3)OCO4)C(=O)OC2=O)cc1. The molecule has 0 fully saturated rings. The topological polar surface area (TPSA) is 65.1 Å². The highest BCUT2D eigenvalue weighted by atomic mass is 16.7. The molecule has 2 aliphatic heterocycles. The van der Waals surface area contributed by atoms with Crippen molar-refractivity contribution >= 4 is 23.2 Å². The number of rotatable bonds is 4. The van der Waals surface area contributed by atoms with E-state index in [0.717, 1.165) is 11.3 Å².